The molecule has 120 valence electrons. The lowest BCUT2D eigenvalue weighted by Gasteiger charge is -2.29. The standard InChI is InChI=1S/C17H25N3O2/c1-3-7-15(14-8-5-4-6-9-14)19-17(22)13(2)20-11-10-18-16(21)12-20/h4-6,8-9,13,15H,3,7,10-12H2,1-2H3,(H,18,21)(H,19,22)/p+1/t13-,15+/m0/s1. The molecule has 1 saturated heterocycles. The first kappa shape index (κ1) is 16.5. The van der Waals surface area contributed by atoms with Crippen LogP contribution in [0.2, 0.25) is 0 Å². The van der Waals surface area contributed by atoms with E-state index in [1.54, 1.807) is 0 Å². The SMILES string of the molecule is CCC[C@@H](NC(=O)[C@H](C)[NH+]1CCNC(=O)C1)c1ccccc1. The van der Waals surface area contributed by atoms with Crippen LogP contribution in [0.25, 0.3) is 0 Å². The van der Waals surface area contributed by atoms with Gasteiger partial charge in [0.2, 0.25) is 0 Å². The second-order valence-corrected chi connectivity index (χ2v) is 5.92. The summed E-state index contributed by atoms with van der Waals surface area (Å²) in [5, 5.41) is 5.96. The summed E-state index contributed by atoms with van der Waals surface area (Å²) in [6, 6.07) is 9.89. The van der Waals surface area contributed by atoms with Gasteiger partial charge in [-0.25, -0.2) is 0 Å². The fourth-order valence-corrected chi connectivity index (χ4v) is 2.87. The summed E-state index contributed by atoms with van der Waals surface area (Å²) in [4.78, 5) is 25.1. The van der Waals surface area contributed by atoms with Gasteiger partial charge >= 0.3 is 0 Å². The molecule has 1 fully saturated rings. The fraction of sp³-hybridized carbons (Fsp3) is 0.529. The molecule has 1 aliphatic rings. The molecule has 0 spiro atoms. The van der Waals surface area contributed by atoms with Crippen molar-refractivity contribution in [2.45, 2.75) is 38.8 Å². The number of amides is 2. The Labute approximate surface area is 132 Å². The Bertz CT molecular complexity index is 504. The number of benzene rings is 1. The van der Waals surface area contributed by atoms with E-state index in [0.717, 1.165) is 29.8 Å². The molecular formula is C17H26N3O2+. The van der Waals surface area contributed by atoms with Crippen LogP contribution in [-0.4, -0.2) is 37.5 Å². The van der Waals surface area contributed by atoms with Gasteiger partial charge in [0, 0.05) is 0 Å². The molecule has 0 aliphatic carbocycles. The molecule has 22 heavy (non-hydrogen) atoms. The molecule has 5 nitrogen and oxygen atoms in total. The van der Waals surface area contributed by atoms with E-state index >= 15 is 0 Å². The minimum absolute atomic E-state index is 0.0204. The number of piperazine rings is 1. The van der Waals surface area contributed by atoms with E-state index < -0.39 is 0 Å². The van der Waals surface area contributed by atoms with Crippen molar-refractivity contribution in [3.05, 3.63) is 35.9 Å². The quantitative estimate of drug-likeness (QED) is 0.695. The summed E-state index contributed by atoms with van der Waals surface area (Å²) in [6.45, 7) is 5.83. The van der Waals surface area contributed by atoms with E-state index in [1.165, 1.54) is 0 Å². The summed E-state index contributed by atoms with van der Waals surface area (Å²) in [6.07, 6.45) is 1.92. The number of hydrogen-bond acceptors (Lipinski definition) is 2. The molecule has 1 aromatic carbocycles. The normalized spacial score (nSPS) is 20.8. The number of carbonyl (C=O) groups excluding carboxylic acids is 2. The molecule has 0 bridgehead atoms. The van der Waals surface area contributed by atoms with E-state index in [2.05, 4.69) is 17.6 Å². The molecule has 1 aromatic rings. The van der Waals surface area contributed by atoms with Crippen LogP contribution in [0.3, 0.4) is 0 Å². The molecular weight excluding hydrogens is 278 g/mol. The Morgan fingerprint density at radius 2 is 2.09 bits per heavy atom. The van der Waals surface area contributed by atoms with Gasteiger partial charge in [0.1, 0.15) is 0 Å². The number of carbonyl (C=O) groups is 2. The van der Waals surface area contributed by atoms with Crippen LogP contribution in [0.15, 0.2) is 30.3 Å². The third kappa shape index (κ3) is 4.31. The summed E-state index contributed by atoms with van der Waals surface area (Å²) in [5.74, 6) is 0.0427. The van der Waals surface area contributed by atoms with Crippen LogP contribution in [0.5, 0.6) is 0 Å². The lowest BCUT2D eigenvalue weighted by Crippen LogP contribution is -3.19. The van der Waals surface area contributed by atoms with E-state index in [9.17, 15) is 9.59 Å². The third-order valence-electron chi connectivity index (χ3n) is 4.26. The van der Waals surface area contributed by atoms with E-state index in [1.807, 2.05) is 37.3 Å². The Morgan fingerprint density at radius 1 is 1.36 bits per heavy atom. The minimum Gasteiger partial charge on any atom is -0.346 e. The number of quaternary nitrogens is 1. The lowest BCUT2D eigenvalue weighted by molar-refractivity contribution is -0.907. The molecule has 1 unspecified atom stereocenters. The average Bonchev–Trinajstić information content (AvgIpc) is 2.54. The van der Waals surface area contributed by atoms with Crippen molar-refractivity contribution in [3.63, 3.8) is 0 Å². The molecule has 5 heteroatoms. The summed E-state index contributed by atoms with van der Waals surface area (Å²) >= 11 is 0. The van der Waals surface area contributed by atoms with Gasteiger partial charge in [-0.1, -0.05) is 43.7 Å². The van der Waals surface area contributed by atoms with Crippen LogP contribution in [0.4, 0.5) is 0 Å². The van der Waals surface area contributed by atoms with Crippen molar-refractivity contribution in [2.24, 2.45) is 0 Å². The molecule has 1 heterocycles. The van der Waals surface area contributed by atoms with Gasteiger partial charge in [-0.3, -0.25) is 9.59 Å². The molecule has 2 amide bonds. The Morgan fingerprint density at radius 3 is 2.73 bits per heavy atom. The average molecular weight is 304 g/mol. The van der Waals surface area contributed by atoms with Crippen LogP contribution >= 0.6 is 0 Å². The molecule has 2 rings (SSSR count). The van der Waals surface area contributed by atoms with E-state index in [-0.39, 0.29) is 23.9 Å². The minimum atomic E-state index is -0.214. The number of rotatable bonds is 6. The maximum atomic E-state index is 12.5. The predicted octanol–water partition coefficient (Wildman–Crippen LogP) is 0.0472. The van der Waals surface area contributed by atoms with Gasteiger partial charge in [-0.2, -0.15) is 0 Å². The third-order valence-corrected chi connectivity index (χ3v) is 4.26. The Kier molecular flexibility index (Phi) is 5.95. The van der Waals surface area contributed by atoms with E-state index in [4.69, 9.17) is 0 Å². The highest BCUT2D eigenvalue weighted by Gasteiger charge is 2.30. The lowest BCUT2D eigenvalue weighted by atomic mass is 10.0. The smallest absolute Gasteiger partial charge is 0.278 e. The van der Waals surface area contributed by atoms with Crippen molar-refractivity contribution in [3.8, 4) is 0 Å². The molecule has 3 N–H and O–H groups in total. The zero-order chi connectivity index (χ0) is 15.9. The van der Waals surface area contributed by atoms with Crippen molar-refractivity contribution in [1.82, 2.24) is 10.6 Å². The summed E-state index contributed by atoms with van der Waals surface area (Å²) < 4.78 is 0. The van der Waals surface area contributed by atoms with Gasteiger partial charge < -0.3 is 15.5 Å². The van der Waals surface area contributed by atoms with Crippen LogP contribution in [0.1, 0.15) is 38.3 Å². The fourth-order valence-electron chi connectivity index (χ4n) is 2.87. The van der Waals surface area contributed by atoms with Crippen molar-refractivity contribution in [1.29, 1.82) is 0 Å². The van der Waals surface area contributed by atoms with Crippen molar-refractivity contribution >= 4 is 11.8 Å². The zero-order valence-electron chi connectivity index (χ0n) is 13.4. The molecule has 0 radical (unpaired) electrons. The van der Waals surface area contributed by atoms with Gasteiger partial charge in [-0.15, -0.1) is 0 Å². The first-order valence-electron chi connectivity index (χ1n) is 8.08. The topological polar surface area (TPSA) is 62.6 Å². The van der Waals surface area contributed by atoms with Gasteiger partial charge in [-0.05, 0) is 18.9 Å². The zero-order valence-corrected chi connectivity index (χ0v) is 13.4. The monoisotopic (exact) mass is 304 g/mol. The summed E-state index contributed by atoms with van der Waals surface area (Å²) in [7, 11) is 0. The number of hydrogen-bond donors (Lipinski definition) is 3. The van der Waals surface area contributed by atoms with Gasteiger partial charge in [0.15, 0.2) is 12.6 Å². The first-order chi connectivity index (χ1) is 10.6. The van der Waals surface area contributed by atoms with Gasteiger partial charge in [0.05, 0.1) is 19.1 Å². The Balaban J connectivity index is 1.99. The van der Waals surface area contributed by atoms with Crippen LogP contribution in [-0.2, 0) is 9.59 Å². The van der Waals surface area contributed by atoms with E-state index in [0.29, 0.717) is 13.1 Å². The van der Waals surface area contributed by atoms with Crippen molar-refractivity contribution < 1.29 is 14.5 Å². The molecule has 1 aliphatic heterocycles. The maximum Gasteiger partial charge on any atom is 0.278 e. The molecule has 0 aromatic heterocycles. The molecule has 3 atom stereocenters. The maximum absolute atomic E-state index is 12.5. The first-order valence-corrected chi connectivity index (χ1v) is 8.08. The number of nitrogens with one attached hydrogen (secondary N) is 3. The molecule has 0 saturated carbocycles. The second-order valence-electron chi connectivity index (χ2n) is 5.92. The highest BCUT2D eigenvalue weighted by molar-refractivity contribution is 5.81. The van der Waals surface area contributed by atoms with Gasteiger partial charge in [0.25, 0.3) is 11.8 Å². The Hall–Kier alpha value is -1.88. The van der Waals surface area contributed by atoms with Crippen LogP contribution < -0.4 is 15.5 Å². The second kappa shape index (κ2) is 7.94. The van der Waals surface area contributed by atoms with Crippen molar-refractivity contribution in [2.75, 3.05) is 19.6 Å². The highest BCUT2D eigenvalue weighted by Crippen LogP contribution is 2.17. The van der Waals surface area contributed by atoms with Crippen LogP contribution in [0, 0.1) is 0 Å². The summed E-state index contributed by atoms with van der Waals surface area (Å²) in [5.41, 5.74) is 1.14. The highest BCUT2D eigenvalue weighted by atomic mass is 16.2. The predicted molar refractivity (Wildman–Crippen MR) is 85.4 cm³/mol. The largest absolute Gasteiger partial charge is 0.346 e.